The Kier molecular flexibility index (Phi) is 3.21. The molecular weight excluding hydrogens is 259 g/mol. The van der Waals surface area contributed by atoms with Crippen molar-refractivity contribution in [2.45, 2.75) is 0 Å². The van der Waals surface area contributed by atoms with Gasteiger partial charge in [0.25, 0.3) is 0 Å². The van der Waals surface area contributed by atoms with Gasteiger partial charge in [-0.2, -0.15) is 0 Å². The second kappa shape index (κ2) is 4.66. The number of rotatable bonds is 2. The summed E-state index contributed by atoms with van der Waals surface area (Å²) in [6.45, 7) is 0. The Balaban J connectivity index is 2.71. The molecule has 0 aliphatic rings. The van der Waals surface area contributed by atoms with Gasteiger partial charge in [-0.3, -0.25) is 0 Å². The molecule has 0 saturated heterocycles. The Morgan fingerprint density at radius 2 is 1.89 bits per heavy atom. The first kappa shape index (κ1) is 12.4. The molecule has 18 heavy (non-hydrogen) atoms. The van der Waals surface area contributed by atoms with Crippen LogP contribution in [0.15, 0.2) is 36.4 Å². The van der Waals surface area contributed by atoms with Gasteiger partial charge >= 0.3 is 5.97 Å². The molecule has 0 fully saturated rings. The first-order valence-electron chi connectivity index (χ1n) is 5.01. The molecule has 0 atom stereocenters. The summed E-state index contributed by atoms with van der Waals surface area (Å²) in [5.74, 6) is -2.14. The molecule has 2 N–H and O–H groups in total. The zero-order valence-electron chi connectivity index (χ0n) is 9.02. The Labute approximate surface area is 107 Å². The number of hydrogen-bond donors (Lipinski definition) is 2. The average molecular weight is 267 g/mol. The third-order valence-electron chi connectivity index (χ3n) is 2.48. The molecule has 0 radical (unpaired) electrons. The van der Waals surface area contributed by atoms with Gasteiger partial charge in [-0.05, 0) is 18.2 Å². The number of carbonyl (C=O) groups is 1. The Hall–Kier alpha value is -2.07. The van der Waals surface area contributed by atoms with Crippen molar-refractivity contribution in [1.82, 2.24) is 0 Å². The van der Waals surface area contributed by atoms with E-state index in [9.17, 15) is 14.3 Å². The van der Waals surface area contributed by atoms with E-state index >= 15 is 0 Å². The zero-order valence-corrected chi connectivity index (χ0v) is 9.78. The predicted molar refractivity (Wildman–Crippen MR) is 65.5 cm³/mol. The van der Waals surface area contributed by atoms with Crippen molar-refractivity contribution in [3.63, 3.8) is 0 Å². The molecule has 5 heteroatoms. The maximum atomic E-state index is 12.9. The van der Waals surface area contributed by atoms with Crippen LogP contribution < -0.4 is 0 Å². The van der Waals surface area contributed by atoms with Gasteiger partial charge < -0.3 is 10.2 Å². The minimum atomic E-state index is -1.21. The molecule has 0 bridgehead atoms. The number of carboxylic acid groups (broad SMARTS) is 1. The Bertz CT molecular complexity index is 626. The number of phenolic OH excluding ortho intramolecular Hbond substituents is 1. The summed E-state index contributed by atoms with van der Waals surface area (Å²) in [5.41, 5.74) is 0.338. The van der Waals surface area contributed by atoms with Crippen molar-refractivity contribution in [1.29, 1.82) is 0 Å². The number of aromatic carboxylic acids is 1. The summed E-state index contributed by atoms with van der Waals surface area (Å²) >= 11 is 5.82. The monoisotopic (exact) mass is 266 g/mol. The summed E-state index contributed by atoms with van der Waals surface area (Å²) in [4.78, 5) is 11.2. The topological polar surface area (TPSA) is 57.5 Å². The molecule has 2 rings (SSSR count). The molecule has 3 nitrogen and oxygen atoms in total. The minimum absolute atomic E-state index is 0.0590. The van der Waals surface area contributed by atoms with Gasteiger partial charge in [0, 0.05) is 17.2 Å². The van der Waals surface area contributed by atoms with E-state index in [4.69, 9.17) is 16.7 Å². The van der Waals surface area contributed by atoms with E-state index in [1.165, 1.54) is 18.2 Å². The summed E-state index contributed by atoms with van der Waals surface area (Å²) in [6.07, 6.45) is 0. The van der Waals surface area contributed by atoms with Crippen LogP contribution in [0.4, 0.5) is 4.39 Å². The van der Waals surface area contributed by atoms with Crippen LogP contribution in [-0.2, 0) is 0 Å². The number of phenols is 1. The van der Waals surface area contributed by atoms with E-state index in [1.807, 2.05) is 0 Å². The van der Waals surface area contributed by atoms with Gasteiger partial charge in [0.05, 0.1) is 10.6 Å². The van der Waals surface area contributed by atoms with Crippen LogP contribution >= 0.6 is 11.6 Å². The molecule has 0 amide bonds. The number of carboxylic acids is 1. The molecule has 0 aliphatic heterocycles. The highest BCUT2D eigenvalue weighted by atomic mass is 35.5. The lowest BCUT2D eigenvalue weighted by atomic mass is 9.99. The molecule has 2 aromatic carbocycles. The van der Waals surface area contributed by atoms with Gasteiger partial charge in [0.2, 0.25) is 0 Å². The lowest BCUT2D eigenvalue weighted by molar-refractivity contribution is 0.0698. The summed E-state index contributed by atoms with van der Waals surface area (Å²) in [6, 6.07) is 7.87. The van der Waals surface area contributed by atoms with Crippen molar-refractivity contribution >= 4 is 17.6 Å². The Morgan fingerprint density at radius 1 is 1.17 bits per heavy atom. The Morgan fingerprint density at radius 3 is 2.50 bits per heavy atom. The molecule has 0 unspecified atom stereocenters. The number of benzene rings is 2. The quantitative estimate of drug-likeness (QED) is 0.874. The van der Waals surface area contributed by atoms with Crippen molar-refractivity contribution in [3.8, 4) is 16.9 Å². The number of hydrogen-bond acceptors (Lipinski definition) is 2. The SMILES string of the molecule is O=C(O)c1c(Cl)cccc1-c1ccc(F)cc1O. The van der Waals surface area contributed by atoms with Crippen LogP contribution in [0.25, 0.3) is 11.1 Å². The van der Waals surface area contributed by atoms with Crippen molar-refractivity contribution < 1.29 is 19.4 Å². The normalized spacial score (nSPS) is 10.3. The molecule has 0 aromatic heterocycles. The van der Waals surface area contributed by atoms with E-state index in [2.05, 4.69) is 0 Å². The van der Waals surface area contributed by atoms with Gasteiger partial charge in [0.15, 0.2) is 0 Å². The highest BCUT2D eigenvalue weighted by molar-refractivity contribution is 6.34. The van der Waals surface area contributed by atoms with Crippen LogP contribution in [0.1, 0.15) is 10.4 Å². The summed E-state index contributed by atoms with van der Waals surface area (Å²) < 4.78 is 12.9. The first-order valence-corrected chi connectivity index (χ1v) is 5.39. The standard InChI is InChI=1S/C13H8ClFO3/c14-10-3-1-2-9(12(10)13(17)18)8-5-4-7(15)6-11(8)16/h1-6,16H,(H,17,18). The second-order valence-corrected chi connectivity index (χ2v) is 4.04. The fourth-order valence-electron chi connectivity index (χ4n) is 1.70. The van der Waals surface area contributed by atoms with E-state index in [-0.39, 0.29) is 27.5 Å². The third kappa shape index (κ3) is 2.15. The summed E-state index contributed by atoms with van der Waals surface area (Å²) in [7, 11) is 0. The van der Waals surface area contributed by atoms with Crippen LogP contribution in [0, 0.1) is 5.82 Å². The molecule has 0 saturated carbocycles. The van der Waals surface area contributed by atoms with Crippen molar-refractivity contribution in [3.05, 3.63) is 52.8 Å². The second-order valence-electron chi connectivity index (χ2n) is 3.63. The molecule has 0 aliphatic carbocycles. The maximum absolute atomic E-state index is 12.9. The van der Waals surface area contributed by atoms with Crippen LogP contribution in [-0.4, -0.2) is 16.2 Å². The fraction of sp³-hybridized carbons (Fsp3) is 0. The maximum Gasteiger partial charge on any atom is 0.337 e. The van der Waals surface area contributed by atoms with Crippen LogP contribution in [0.5, 0.6) is 5.75 Å². The molecular formula is C13H8ClFO3. The molecule has 92 valence electrons. The molecule has 0 spiro atoms. The summed E-state index contributed by atoms with van der Waals surface area (Å²) in [5, 5.41) is 18.8. The predicted octanol–water partition coefficient (Wildman–Crippen LogP) is 3.55. The highest BCUT2D eigenvalue weighted by Gasteiger charge is 2.17. The van der Waals surface area contributed by atoms with Gasteiger partial charge in [-0.1, -0.05) is 23.7 Å². The molecule has 2 aromatic rings. The van der Waals surface area contributed by atoms with E-state index in [0.29, 0.717) is 0 Å². The fourth-order valence-corrected chi connectivity index (χ4v) is 1.95. The average Bonchev–Trinajstić information content (AvgIpc) is 2.28. The van der Waals surface area contributed by atoms with Gasteiger partial charge in [-0.15, -0.1) is 0 Å². The lowest BCUT2D eigenvalue weighted by Gasteiger charge is -2.09. The largest absolute Gasteiger partial charge is 0.507 e. The van der Waals surface area contributed by atoms with E-state index < -0.39 is 11.8 Å². The molecule has 0 heterocycles. The first-order chi connectivity index (χ1) is 8.50. The minimum Gasteiger partial charge on any atom is -0.507 e. The van der Waals surface area contributed by atoms with Crippen LogP contribution in [0.3, 0.4) is 0 Å². The third-order valence-corrected chi connectivity index (χ3v) is 2.79. The zero-order chi connectivity index (χ0) is 13.3. The van der Waals surface area contributed by atoms with Gasteiger partial charge in [-0.25, -0.2) is 9.18 Å². The lowest BCUT2D eigenvalue weighted by Crippen LogP contribution is -2.00. The number of halogens is 2. The van der Waals surface area contributed by atoms with E-state index in [1.54, 1.807) is 6.07 Å². The smallest absolute Gasteiger partial charge is 0.337 e. The van der Waals surface area contributed by atoms with Crippen molar-refractivity contribution in [2.75, 3.05) is 0 Å². The van der Waals surface area contributed by atoms with E-state index in [0.717, 1.165) is 12.1 Å². The van der Waals surface area contributed by atoms with Crippen molar-refractivity contribution in [2.24, 2.45) is 0 Å². The van der Waals surface area contributed by atoms with Crippen LogP contribution in [0.2, 0.25) is 5.02 Å². The highest BCUT2D eigenvalue weighted by Crippen LogP contribution is 2.34. The van der Waals surface area contributed by atoms with Gasteiger partial charge in [0.1, 0.15) is 11.6 Å². The number of aromatic hydroxyl groups is 1.